The van der Waals surface area contributed by atoms with Crippen molar-refractivity contribution in [3.05, 3.63) is 29.8 Å². The molecule has 1 aliphatic heterocycles. The minimum absolute atomic E-state index is 0.503. The van der Waals surface area contributed by atoms with E-state index in [1.54, 1.807) is 31.2 Å². The second-order valence-electron chi connectivity index (χ2n) is 3.38. The topological polar surface area (TPSA) is 20.3 Å². The van der Waals surface area contributed by atoms with Gasteiger partial charge in [-0.3, -0.25) is 4.79 Å². The maximum Gasteiger partial charge on any atom is 0.342 e. The molecule has 1 aromatic rings. The number of carbonyl (C=O) groups excluding carboxylic acids is 1. The average molecular weight is 197 g/mol. The summed E-state index contributed by atoms with van der Waals surface area (Å²) in [7, 11) is 0. The molecule has 0 radical (unpaired) electrons. The Morgan fingerprint density at radius 1 is 1.36 bits per heavy atom. The molecule has 0 N–H and O–H groups in total. The highest BCUT2D eigenvalue weighted by Crippen LogP contribution is 2.34. The first-order valence-electron chi connectivity index (χ1n) is 4.28. The Hall–Kier alpha value is -1.45. The fourth-order valence-corrected chi connectivity index (χ4v) is 1.51. The molecule has 1 aromatic carbocycles. The second kappa shape index (κ2) is 2.77. The van der Waals surface area contributed by atoms with E-state index in [1.165, 1.54) is 0 Å². The summed E-state index contributed by atoms with van der Waals surface area (Å²) in [5.41, 5.74) is 1.40. The van der Waals surface area contributed by atoms with Crippen LogP contribution in [-0.2, 0) is 4.79 Å². The van der Waals surface area contributed by atoms with Gasteiger partial charge in [0, 0.05) is 5.69 Å². The summed E-state index contributed by atoms with van der Waals surface area (Å²) in [5.74, 6) is -4.27. The van der Waals surface area contributed by atoms with Gasteiger partial charge in [0.1, 0.15) is 0 Å². The van der Waals surface area contributed by atoms with Gasteiger partial charge >= 0.3 is 5.92 Å². The predicted molar refractivity (Wildman–Crippen MR) is 48.5 cm³/mol. The third-order valence-electron chi connectivity index (χ3n) is 2.32. The van der Waals surface area contributed by atoms with Gasteiger partial charge in [0.05, 0.1) is 6.54 Å². The van der Waals surface area contributed by atoms with Gasteiger partial charge in [-0.25, -0.2) is 0 Å². The van der Waals surface area contributed by atoms with Gasteiger partial charge in [-0.15, -0.1) is 0 Å². The van der Waals surface area contributed by atoms with Gasteiger partial charge in [0.2, 0.25) is 0 Å². The van der Waals surface area contributed by atoms with Crippen molar-refractivity contribution < 1.29 is 13.6 Å². The molecule has 74 valence electrons. The molecular weight excluding hydrogens is 188 g/mol. The molecule has 14 heavy (non-hydrogen) atoms. The molecule has 2 nitrogen and oxygen atoms in total. The van der Waals surface area contributed by atoms with Crippen LogP contribution in [0.25, 0.3) is 0 Å². The first-order valence-corrected chi connectivity index (χ1v) is 4.28. The van der Waals surface area contributed by atoms with E-state index in [0.29, 0.717) is 5.69 Å². The molecule has 0 saturated carbocycles. The van der Waals surface area contributed by atoms with Crippen LogP contribution in [-0.4, -0.2) is 18.4 Å². The molecule has 1 fully saturated rings. The lowest BCUT2D eigenvalue weighted by Gasteiger charge is -2.38. The number of benzene rings is 1. The molecule has 0 unspecified atom stereocenters. The number of amides is 1. The Labute approximate surface area is 80.1 Å². The smallest absolute Gasteiger partial charge is 0.300 e. The van der Waals surface area contributed by atoms with Crippen LogP contribution in [0.5, 0.6) is 0 Å². The molecular formula is C10H9F2NO. The van der Waals surface area contributed by atoms with Gasteiger partial charge in [0.15, 0.2) is 0 Å². The molecule has 1 aliphatic rings. The van der Waals surface area contributed by atoms with Gasteiger partial charge in [-0.05, 0) is 18.6 Å². The van der Waals surface area contributed by atoms with Crippen molar-refractivity contribution in [2.75, 3.05) is 11.4 Å². The largest absolute Gasteiger partial charge is 0.342 e. The molecule has 4 heteroatoms. The Balaban J connectivity index is 2.28. The third kappa shape index (κ3) is 1.18. The summed E-state index contributed by atoms with van der Waals surface area (Å²) >= 11 is 0. The van der Waals surface area contributed by atoms with Crippen molar-refractivity contribution in [3.63, 3.8) is 0 Å². The van der Waals surface area contributed by atoms with Crippen LogP contribution in [0.3, 0.4) is 0 Å². The van der Waals surface area contributed by atoms with Crippen LogP contribution < -0.4 is 4.90 Å². The van der Waals surface area contributed by atoms with E-state index < -0.39 is 18.4 Å². The second-order valence-corrected chi connectivity index (χ2v) is 3.38. The van der Waals surface area contributed by atoms with Crippen LogP contribution in [0, 0.1) is 6.92 Å². The third-order valence-corrected chi connectivity index (χ3v) is 2.32. The lowest BCUT2D eigenvalue weighted by atomic mass is 10.1. The van der Waals surface area contributed by atoms with Crippen LogP contribution in [0.15, 0.2) is 24.3 Å². The molecule has 1 amide bonds. The van der Waals surface area contributed by atoms with Crippen molar-refractivity contribution in [3.8, 4) is 0 Å². The summed E-state index contributed by atoms with van der Waals surface area (Å²) in [4.78, 5) is 12.1. The number of β-lactam (4-membered cyclic amide) rings is 1. The zero-order valence-corrected chi connectivity index (χ0v) is 7.63. The molecule has 1 heterocycles. The van der Waals surface area contributed by atoms with Crippen molar-refractivity contribution in [2.45, 2.75) is 12.8 Å². The van der Waals surface area contributed by atoms with Crippen LogP contribution in [0.4, 0.5) is 14.5 Å². The Morgan fingerprint density at radius 3 is 2.50 bits per heavy atom. The number of para-hydroxylation sites is 1. The zero-order valence-electron chi connectivity index (χ0n) is 7.63. The monoisotopic (exact) mass is 197 g/mol. The number of nitrogens with zero attached hydrogens (tertiary/aromatic N) is 1. The normalized spacial score (nSPS) is 19.4. The number of halogens is 2. The standard InChI is InChI=1S/C10H9F2NO/c1-7-4-2-3-5-8(7)13-6-10(11,12)9(13)14/h2-5H,6H2,1H3. The lowest BCUT2D eigenvalue weighted by Crippen LogP contribution is -2.62. The Kier molecular flexibility index (Phi) is 1.80. The number of aryl methyl sites for hydroxylation is 1. The van der Waals surface area contributed by atoms with E-state index in [2.05, 4.69) is 0 Å². The van der Waals surface area contributed by atoms with E-state index in [0.717, 1.165) is 10.5 Å². The van der Waals surface area contributed by atoms with Crippen molar-refractivity contribution in [1.82, 2.24) is 0 Å². The molecule has 2 rings (SSSR count). The Morgan fingerprint density at radius 2 is 2.00 bits per heavy atom. The van der Waals surface area contributed by atoms with E-state index in [1.807, 2.05) is 0 Å². The van der Waals surface area contributed by atoms with Gasteiger partial charge < -0.3 is 4.90 Å². The van der Waals surface area contributed by atoms with Crippen molar-refractivity contribution >= 4 is 11.6 Å². The summed E-state index contributed by atoms with van der Waals surface area (Å²) in [5, 5.41) is 0. The highest BCUT2D eigenvalue weighted by molar-refractivity contribution is 6.05. The van der Waals surface area contributed by atoms with Gasteiger partial charge in [-0.2, -0.15) is 8.78 Å². The number of anilines is 1. The summed E-state index contributed by atoms with van der Waals surface area (Å²) in [6.07, 6.45) is 0. The first-order chi connectivity index (χ1) is 6.52. The molecule has 0 aliphatic carbocycles. The number of carbonyl (C=O) groups is 1. The molecule has 1 saturated heterocycles. The first kappa shape index (κ1) is 9.12. The van der Waals surface area contributed by atoms with E-state index in [4.69, 9.17) is 0 Å². The number of hydrogen-bond donors (Lipinski definition) is 0. The predicted octanol–water partition coefficient (Wildman–Crippen LogP) is 1.98. The number of hydrogen-bond acceptors (Lipinski definition) is 1. The minimum atomic E-state index is -3.16. The van der Waals surface area contributed by atoms with E-state index in [-0.39, 0.29) is 0 Å². The van der Waals surface area contributed by atoms with E-state index >= 15 is 0 Å². The summed E-state index contributed by atoms with van der Waals surface area (Å²) < 4.78 is 25.2. The van der Waals surface area contributed by atoms with Gasteiger partial charge in [0.25, 0.3) is 5.91 Å². The molecule has 0 spiro atoms. The average Bonchev–Trinajstić information content (AvgIpc) is 2.15. The van der Waals surface area contributed by atoms with Crippen molar-refractivity contribution in [1.29, 1.82) is 0 Å². The zero-order chi connectivity index (χ0) is 10.3. The molecule has 0 aromatic heterocycles. The number of rotatable bonds is 1. The molecule has 0 atom stereocenters. The quantitative estimate of drug-likeness (QED) is 0.630. The summed E-state index contributed by atoms with van der Waals surface area (Å²) in [6, 6.07) is 6.99. The van der Waals surface area contributed by atoms with Gasteiger partial charge in [-0.1, -0.05) is 18.2 Å². The SMILES string of the molecule is Cc1ccccc1N1CC(F)(F)C1=O. The lowest BCUT2D eigenvalue weighted by molar-refractivity contribution is -0.152. The fraction of sp³-hybridized carbons (Fsp3) is 0.300. The van der Waals surface area contributed by atoms with Crippen molar-refractivity contribution in [2.24, 2.45) is 0 Å². The van der Waals surface area contributed by atoms with Crippen LogP contribution in [0.2, 0.25) is 0 Å². The minimum Gasteiger partial charge on any atom is -0.300 e. The van der Waals surface area contributed by atoms with Crippen LogP contribution >= 0.6 is 0 Å². The number of alkyl halides is 2. The molecule has 0 bridgehead atoms. The van der Waals surface area contributed by atoms with Crippen LogP contribution in [0.1, 0.15) is 5.56 Å². The fourth-order valence-electron chi connectivity index (χ4n) is 1.51. The highest BCUT2D eigenvalue weighted by atomic mass is 19.3. The Bertz CT molecular complexity index is 389. The summed E-state index contributed by atoms with van der Waals surface area (Å²) in [6.45, 7) is 1.29. The maximum absolute atomic E-state index is 12.6. The van der Waals surface area contributed by atoms with E-state index in [9.17, 15) is 13.6 Å². The highest BCUT2D eigenvalue weighted by Gasteiger charge is 2.54. The maximum atomic E-state index is 12.6.